The van der Waals surface area contributed by atoms with Gasteiger partial charge in [-0.15, -0.1) is 0 Å². The quantitative estimate of drug-likeness (QED) is 0.769. The van der Waals surface area contributed by atoms with Gasteiger partial charge in [0, 0.05) is 13.1 Å². The van der Waals surface area contributed by atoms with E-state index in [1.165, 1.54) is 16.4 Å². The summed E-state index contributed by atoms with van der Waals surface area (Å²) in [5.41, 5.74) is 0.189. The Bertz CT molecular complexity index is 441. The van der Waals surface area contributed by atoms with Crippen LogP contribution in [0.4, 0.5) is 5.69 Å². The Labute approximate surface area is 95.9 Å². The number of hydrogen-bond donors (Lipinski definition) is 2. The summed E-state index contributed by atoms with van der Waals surface area (Å²) in [6.45, 7) is 4.29. The van der Waals surface area contributed by atoms with Gasteiger partial charge in [-0.3, -0.25) is 4.72 Å². The Morgan fingerprint density at radius 2 is 1.81 bits per heavy atom. The van der Waals surface area contributed by atoms with E-state index in [0.717, 1.165) is 0 Å². The predicted octanol–water partition coefficient (Wildman–Crippen LogP) is 1.39. The first kappa shape index (κ1) is 12.8. The fraction of sp³-hybridized carbons (Fsp3) is 0.400. The van der Waals surface area contributed by atoms with Crippen molar-refractivity contribution in [2.45, 2.75) is 13.8 Å². The van der Waals surface area contributed by atoms with Crippen LogP contribution in [0, 0.1) is 0 Å². The zero-order valence-corrected chi connectivity index (χ0v) is 10.2. The molecule has 1 aromatic carbocycles. The lowest BCUT2D eigenvalue weighted by Gasteiger charge is -2.19. The second-order valence-electron chi connectivity index (χ2n) is 3.21. The molecule has 0 fully saturated rings. The molecule has 0 heterocycles. The second kappa shape index (κ2) is 5.18. The van der Waals surface area contributed by atoms with E-state index in [0.29, 0.717) is 13.1 Å². The summed E-state index contributed by atoms with van der Waals surface area (Å²) in [5, 5.41) is 9.46. The standard InChI is InChI=1S/C10H16N2O3S/c1-3-12(4-2)16(14,15)11-9-7-5-6-8-10(9)13/h5-8,11,13H,3-4H2,1-2H3. The highest BCUT2D eigenvalue weighted by atomic mass is 32.2. The Balaban J connectivity index is 2.93. The maximum Gasteiger partial charge on any atom is 0.301 e. The Hall–Kier alpha value is -1.27. The first-order valence-corrected chi connectivity index (χ1v) is 6.51. The summed E-state index contributed by atoms with van der Waals surface area (Å²) in [7, 11) is -3.57. The minimum atomic E-state index is -3.57. The van der Waals surface area contributed by atoms with Crippen LogP contribution in [0.3, 0.4) is 0 Å². The van der Waals surface area contributed by atoms with E-state index in [4.69, 9.17) is 0 Å². The van der Waals surface area contributed by atoms with E-state index >= 15 is 0 Å². The average molecular weight is 244 g/mol. The smallest absolute Gasteiger partial charge is 0.301 e. The van der Waals surface area contributed by atoms with Crippen molar-refractivity contribution in [3.8, 4) is 5.75 Å². The molecule has 2 N–H and O–H groups in total. The molecule has 1 rings (SSSR count). The summed E-state index contributed by atoms with van der Waals surface area (Å²) in [5.74, 6) is -0.0850. The van der Waals surface area contributed by atoms with Gasteiger partial charge in [-0.2, -0.15) is 12.7 Å². The fourth-order valence-corrected chi connectivity index (χ4v) is 2.59. The number of para-hydroxylation sites is 2. The van der Waals surface area contributed by atoms with Crippen molar-refractivity contribution in [3.63, 3.8) is 0 Å². The van der Waals surface area contributed by atoms with Crippen LogP contribution in [-0.2, 0) is 10.2 Å². The Morgan fingerprint density at radius 1 is 1.25 bits per heavy atom. The number of phenolic OH excluding ortho intramolecular Hbond substituents is 1. The summed E-state index contributed by atoms with van der Waals surface area (Å²) in [6.07, 6.45) is 0. The van der Waals surface area contributed by atoms with E-state index in [-0.39, 0.29) is 11.4 Å². The molecule has 90 valence electrons. The van der Waals surface area contributed by atoms with Crippen molar-refractivity contribution >= 4 is 15.9 Å². The van der Waals surface area contributed by atoms with Crippen LogP contribution in [0.15, 0.2) is 24.3 Å². The molecule has 0 aliphatic heterocycles. The van der Waals surface area contributed by atoms with Gasteiger partial charge in [0.15, 0.2) is 0 Å². The number of rotatable bonds is 5. The van der Waals surface area contributed by atoms with Gasteiger partial charge in [0.2, 0.25) is 0 Å². The van der Waals surface area contributed by atoms with Crippen LogP contribution in [0.5, 0.6) is 5.75 Å². The van der Waals surface area contributed by atoms with Crippen molar-refractivity contribution in [1.82, 2.24) is 4.31 Å². The highest BCUT2D eigenvalue weighted by molar-refractivity contribution is 7.90. The lowest BCUT2D eigenvalue weighted by Crippen LogP contribution is -2.35. The average Bonchev–Trinajstić information content (AvgIpc) is 2.22. The fourth-order valence-electron chi connectivity index (χ4n) is 1.33. The predicted molar refractivity (Wildman–Crippen MR) is 63.6 cm³/mol. The van der Waals surface area contributed by atoms with Gasteiger partial charge < -0.3 is 5.11 Å². The number of benzene rings is 1. The van der Waals surface area contributed by atoms with Crippen LogP contribution in [0.1, 0.15) is 13.8 Å². The molecule has 16 heavy (non-hydrogen) atoms. The topological polar surface area (TPSA) is 69.6 Å². The molecular weight excluding hydrogens is 228 g/mol. The molecule has 1 aromatic rings. The third-order valence-corrected chi connectivity index (χ3v) is 3.86. The van der Waals surface area contributed by atoms with Crippen LogP contribution < -0.4 is 4.72 Å². The molecule has 0 atom stereocenters. The number of hydrogen-bond acceptors (Lipinski definition) is 3. The Kier molecular flexibility index (Phi) is 4.14. The first-order valence-electron chi connectivity index (χ1n) is 5.07. The summed E-state index contributed by atoms with van der Waals surface area (Å²) in [4.78, 5) is 0. The molecule has 0 bridgehead atoms. The molecule has 0 amide bonds. The van der Waals surface area contributed by atoms with Gasteiger partial charge >= 0.3 is 10.2 Å². The molecule has 5 nitrogen and oxygen atoms in total. The molecule has 0 saturated carbocycles. The van der Waals surface area contributed by atoms with Crippen molar-refractivity contribution in [2.24, 2.45) is 0 Å². The van der Waals surface area contributed by atoms with Crippen LogP contribution >= 0.6 is 0 Å². The molecule has 0 radical (unpaired) electrons. The van der Waals surface area contributed by atoms with Gasteiger partial charge in [-0.1, -0.05) is 26.0 Å². The highest BCUT2D eigenvalue weighted by Gasteiger charge is 2.19. The molecule has 0 aliphatic carbocycles. The molecule has 0 spiro atoms. The van der Waals surface area contributed by atoms with Gasteiger partial charge in [0.05, 0.1) is 5.69 Å². The third kappa shape index (κ3) is 2.86. The Morgan fingerprint density at radius 3 is 2.31 bits per heavy atom. The van der Waals surface area contributed by atoms with E-state index in [9.17, 15) is 13.5 Å². The molecule has 6 heteroatoms. The lowest BCUT2D eigenvalue weighted by molar-refractivity contribution is 0.448. The summed E-state index contributed by atoms with van der Waals surface area (Å²) in [6, 6.07) is 6.22. The minimum Gasteiger partial charge on any atom is -0.506 e. The van der Waals surface area contributed by atoms with Crippen molar-refractivity contribution < 1.29 is 13.5 Å². The van der Waals surface area contributed by atoms with E-state index < -0.39 is 10.2 Å². The molecule has 0 saturated heterocycles. The number of anilines is 1. The molecule has 0 aromatic heterocycles. The zero-order valence-electron chi connectivity index (χ0n) is 9.34. The highest BCUT2D eigenvalue weighted by Crippen LogP contribution is 2.23. The van der Waals surface area contributed by atoms with Crippen molar-refractivity contribution in [1.29, 1.82) is 0 Å². The van der Waals surface area contributed by atoms with Crippen molar-refractivity contribution in [3.05, 3.63) is 24.3 Å². The van der Waals surface area contributed by atoms with Crippen LogP contribution in [-0.4, -0.2) is 30.9 Å². The SMILES string of the molecule is CCN(CC)S(=O)(=O)Nc1ccccc1O. The van der Waals surface area contributed by atoms with E-state index in [2.05, 4.69) is 4.72 Å². The number of aromatic hydroxyl groups is 1. The van der Waals surface area contributed by atoms with Gasteiger partial charge in [-0.05, 0) is 12.1 Å². The van der Waals surface area contributed by atoms with Crippen molar-refractivity contribution in [2.75, 3.05) is 17.8 Å². The maximum atomic E-state index is 11.8. The largest absolute Gasteiger partial charge is 0.506 e. The van der Waals surface area contributed by atoms with Gasteiger partial charge in [0.25, 0.3) is 0 Å². The number of phenols is 1. The third-order valence-electron chi connectivity index (χ3n) is 2.19. The van der Waals surface area contributed by atoms with E-state index in [1.54, 1.807) is 26.0 Å². The summed E-state index contributed by atoms with van der Waals surface area (Å²) < 4.78 is 27.3. The number of nitrogens with one attached hydrogen (secondary N) is 1. The normalized spacial score (nSPS) is 11.7. The maximum absolute atomic E-state index is 11.8. The number of nitrogens with zero attached hydrogens (tertiary/aromatic N) is 1. The van der Waals surface area contributed by atoms with Crippen LogP contribution in [0.2, 0.25) is 0 Å². The van der Waals surface area contributed by atoms with Gasteiger partial charge in [0.1, 0.15) is 5.75 Å². The summed E-state index contributed by atoms with van der Waals surface area (Å²) >= 11 is 0. The van der Waals surface area contributed by atoms with Crippen LogP contribution in [0.25, 0.3) is 0 Å². The zero-order chi connectivity index (χ0) is 12.2. The second-order valence-corrected chi connectivity index (χ2v) is 4.88. The van der Waals surface area contributed by atoms with E-state index in [1.807, 2.05) is 0 Å². The molecule has 0 aliphatic rings. The van der Waals surface area contributed by atoms with Gasteiger partial charge in [-0.25, -0.2) is 0 Å². The monoisotopic (exact) mass is 244 g/mol. The minimum absolute atomic E-state index is 0.0850. The lowest BCUT2D eigenvalue weighted by atomic mass is 10.3. The first-order chi connectivity index (χ1) is 7.51. The molecule has 0 unspecified atom stereocenters. The molecular formula is C10H16N2O3S.